The Kier molecular flexibility index (Phi) is 39.4. The van der Waals surface area contributed by atoms with E-state index in [0.717, 1.165) is 0 Å². The maximum Gasteiger partial charge on any atom is 0.223 e. The van der Waals surface area contributed by atoms with E-state index in [1.165, 1.54) is 27.7 Å². The molecular formula is C60H106N6O28. The highest BCUT2D eigenvalue weighted by atomic mass is 16.7. The summed E-state index contributed by atoms with van der Waals surface area (Å²) in [4.78, 5) is 99.7. The van der Waals surface area contributed by atoms with Gasteiger partial charge in [-0.2, -0.15) is 0 Å². The van der Waals surface area contributed by atoms with Gasteiger partial charge in [-0.1, -0.05) is 0 Å². The molecule has 4 rings (SSSR count). The van der Waals surface area contributed by atoms with Crippen molar-refractivity contribution in [1.29, 1.82) is 0 Å². The molecule has 0 spiro atoms. The topological polar surface area (TPSA) is 525 Å². The van der Waals surface area contributed by atoms with Crippen molar-refractivity contribution in [2.24, 2.45) is 5.92 Å². The van der Waals surface area contributed by atoms with Crippen LogP contribution in [0.25, 0.3) is 0 Å². The summed E-state index contributed by atoms with van der Waals surface area (Å²) in [5.74, 6) is -3.36. The second-order valence-electron chi connectivity index (χ2n) is 23.7. The average Bonchev–Trinajstić information content (AvgIpc) is 1.41. The number of aliphatic hydroxyl groups excluding tert-OH is 12. The number of carbonyl (C=O) groups excluding carboxylic acids is 8. The van der Waals surface area contributed by atoms with E-state index in [4.69, 9.17) is 37.9 Å². The van der Waals surface area contributed by atoms with Crippen molar-refractivity contribution < 1.29 is 138 Å². The molecule has 34 nitrogen and oxygen atoms in total. The largest absolute Gasteiger partial charge is 0.388 e. The lowest BCUT2D eigenvalue weighted by Gasteiger charge is -2.38. The van der Waals surface area contributed by atoms with Crippen LogP contribution in [0, 0.1) is 5.92 Å². The lowest BCUT2D eigenvalue weighted by atomic mass is 9.93. The molecule has 18 N–H and O–H groups in total. The second kappa shape index (κ2) is 44.3. The van der Waals surface area contributed by atoms with Crippen LogP contribution in [0.2, 0.25) is 0 Å². The van der Waals surface area contributed by atoms with Gasteiger partial charge in [0.25, 0.3) is 0 Å². The highest BCUT2D eigenvalue weighted by Gasteiger charge is 2.46. The van der Waals surface area contributed by atoms with Crippen molar-refractivity contribution in [3.8, 4) is 0 Å². The van der Waals surface area contributed by atoms with Crippen LogP contribution < -0.4 is 31.9 Å². The van der Waals surface area contributed by atoms with Gasteiger partial charge in [0.15, 0.2) is 30.9 Å². The number of amides is 6. The highest BCUT2D eigenvalue weighted by Crippen LogP contribution is 2.26. The first-order chi connectivity index (χ1) is 44.5. The van der Waals surface area contributed by atoms with E-state index >= 15 is 0 Å². The number of Topliss-reactive ketones (excluding diaryl/α,β-unsaturated/α-hetero) is 2. The Hall–Kier alpha value is -4.64. The number of carbonyl (C=O) groups is 8. The number of ether oxygens (including phenoxy) is 8. The first-order valence-corrected chi connectivity index (χ1v) is 32.5. The minimum atomic E-state index is -1.50. The molecule has 0 unspecified atom stereocenters. The number of rotatable bonds is 40. The van der Waals surface area contributed by atoms with Crippen molar-refractivity contribution in [3.05, 3.63) is 0 Å². The number of unbranched alkanes of at least 4 members (excludes halogenated alkanes) is 2. The van der Waals surface area contributed by atoms with Gasteiger partial charge in [-0.25, -0.2) is 0 Å². The predicted molar refractivity (Wildman–Crippen MR) is 324 cm³/mol. The zero-order chi connectivity index (χ0) is 70.2. The van der Waals surface area contributed by atoms with Gasteiger partial charge in [0.1, 0.15) is 79.0 Å². The van der Waals surface area contributed by atoms with E-state index in [2.05, 4.69) is 31.9 Å². The monoisotopic (exact) mass is 1360 g/mol. The molecule has 0 saturated carbocycles. The van der Waals surface area contributed by atoms with E-state index in [-0.39, 0.29) is 140 Å². The summed E-state index contributed by atoms with van der Waals surface area (Å²) in [5.41, 5.74) is 0. The van der Waals surface area contributed by atoms with Crippen LogP contribution in [-0.2, 0) is 76.3 Å². The normalized spacial score (nSPS) is 31.5. The van der Waals surface area contributed by atoms with E-state index in [0.29, 0.717) is 38.8 Å². The van der Waals surface area contributed by atoms with Gasteiger partial charge in [0.2, 0.25) is 35.4 Å². The fraction of sp³-hybridized carbons (Fsp3) is 0.867. The van der Waals surface area contributed by atoms with Gasteiger partial charge in [0.05, 0.1) is 56.9 Å². The van der Waals surface area contributed by atoms with Crippen molar-refractivity contribution in [2.75, 3.05) is 59.2 Å². The van der Waals surface area contributed by atoms with E-state index < -0.39 is 158 Å². The molecule has 0 aromatic heterocycles. The maximum atomic E-state index is 13.1. The van der Waals surface area contributed by atoms with Crippen molar-refractivity contribution >= 4 is 47.0 Å². The van der Waals surface area contributed by atoms with E-state index in [1.54, 1.807) is 0 Å². The molecule has 22 atom stereocenters. The Morgan fingerprint density at radius 3 is 1.07 bits per heavy atom. The molecule has 4 aliphatic heterocycles. The summed E-state index contributed by atoms with van der Waals surface area (Å²) in [5, 5.41) is 135. The van der Waals surface area contributed by atoms with Gasteiger partial charge in [0, 0.05) is 90.0 Å². The maximum absolute atomic E-state index is 13.1. The first-order valence-electron chi connectivity index (χ1n) is 32.5. The zero-order valence-corrected chi connectivity index (χ0v) is 54.6. The third-order valence-corrected chi connectivity index (χ3v) is 16.0. The summed E-state index contributed by atoms with van der Waals surface area (Å²) in [7, 11) is 0. The SMILES string of the molecule is CCNC(=O)CCCCC(=O)C[C@@H](CCC(=O)NCCO[C@@H]1O[C@@H](C)[C@@H](O)[C@@H](O)[C@@H]1O)C(=O)NCCO[C@@H]1O[C@@H](C)[C@@H](O)[C@@H](O)[C@@H]1O.CCNC(=O)CCCCC(=O)N[C@@H](CCC(=O)NCCO[C@@H]1O[C@@H](C)[C@@H](O)[C@@H](O)[C@@H]1O)C(=O)CCCO[C@@H]1O[C@@H](C)[C@@H](O)[C@@H](O)[C@@H]1O. The predicted octanol–water partition coefficient (Wildman–Crippen LogP) is -5.94. The summed E-state index contributed by atoms with van der Waals surface area (Å²) in [6.45, 7) is 10.4. The summed E-state index contributed by atoms with van der Waals surface area (Å²) >= 11 is 0. The number of hydrogen-bond donors (Lipinski definition) is 18. The van der Waals surface area contributed by atoms with E-state index in [9.17, 15) is 99.6 Å². The minimum absolute atomic E-state index is 0.00484. The number of aliphatic hydroxyl groups is 12. The molecule has 0 bridgehead atoms. The smallest absolute Gasteiger partial charge is 0.223 e. The summed E-state index contributed by atoms with van der Waals surface area (Å²) < 4.78 is 43.1. The van der Waals surface area contributed by atoms with Crippen LogP contribution in [0.4, 0.5) is 0 Å². The van der Waals surface area contributed by atoms with Crippen LogP contribution >= 0.6 is 0 Å². The van der Waals surface area contributed by atoms with Crippen molar-refractivity contribution in [1.82, 2.24) is 31.9 Å². The Balaban J connectivity index is 0.000000490. The zero-order valence-electron chi connectivity index (χ0n) is 54.6. The van der Waals surface area contributed by atoms with Gasteiger partial charge in [-0.15, -0.1) is 0 Å². The molecule has 4 saturated heterocycles. The summed E-state index contributed by atoms with van der Waals surface area (Å²) in [6.07, 6.45) is -22.3. The fourth-order valence-corrected chi connectivity index (χ4v) is 10.2. The average molecular weight is 1360 g/mol. The molecule has 0 aromatic carbocycles. The molecule has 34 heteroatoms. The molecular weight excluding hydrogens is 1250 g/mol. The van der Waals surface area contributed by atoms with Crippen LogP contribution in [0.15, 0.2) is 0 Å². The number of nitrogens with one attached hydrogen (secondary N) is 6. The van der Waals surface area contributed by atoms with Crippen LogP contribution in [-0.4, -0.2) is 296 Å². The fourth-order valence-electron chi connectivity index (χ4n) is 10.2. The van der Waals surface area contributed by atoms with Gasteiger partial charge >= 0.3 is 0 Å². The Morgan fingerprint density at radius 1 is 0.362 bits per heavy atom. The molecule has 0 aromatic rings. The van der Waals surface area contributed by atoms with Crippen LogP contribution in [0.1, 0.15) is 138 Å². The molecule has 0 radical (unpaired) electrons. The van der Waals surface area contributed by atoms with E-state index in [1.807, 2.05) is 13.8 Å². The van der Waals surface area contributed by atoms with Gasteiger partial charge in [-0.05, 0) is 86.5 Å². The Morgan fingerprint density at radius 2 is 0.691 bits per heavy atom. The van der Waals surface area contributed by atoms with Crippen LogP contribution in [0.5, 0.6) is 0 Å². The third kappa shape index (κ3) is 29.2. The number of ketones is 2. The summed E-state index contributed by atoms with van der Waals surface area (Å²) in [6, 6.07) is -0.985. The highest BCUT2D eigenvalue weighted by molar-refractivity contribution is 5.90. The Bertz CT molecular complexity index is 2130. The third-order valence-electron chi connectivity index (χ3n) is 16.0. The molecule has 94 heavy (non-hydrogen) atoms. The minimum Gasteiger partial charge on any atom is -0.388 e. The van der Waals surface area contributed by atoms with Gasteiger partial charge in [-0.3, -0.25) is 38.4 Å². The Labute approximate surface area is 546 Å². The van der Waals surface area contributed by atoms with Crippen LogP contribution in [0.3, 0.4) is 0 Å². The second-order valence-corrected chi connectivity index (χ2v) is 23.7. The number of hydrogen-bond acceptors (Lipinski definition) is 28. The molecule has 4 heterocycles. The molecule has 6 amide bonds. The quantitative estimate of drug-likeness (QED) is 0.0254. The molecule has 4 fully saturated rings. The molecule has 4 aliphatic rings. The molecule has 0 aliphatic carbocycles. The standard InChI is InChI=1S/2C30H53N3O14/c1-4-31-20(35)9-5-6-10-22(37)33-18(19(34)8-7-14-44-29-27(42)25(40)23(38)16(2)46-29)11-12-21(36)32-13-15-45-30-28(43)26(41)24(39)17(3)47-30;1-4-31-20(35)8-6-5-7-19(34)15-18(28(43)33-12-14-45-30-27(42)25(40)23(38)17(3)47-30)9-10-21(36)32-11-13-44-29-26(41)24(39)22(37)16(2)46-29/h16-18,23-30,38-43H,4-15H2,1-3H3,(H,31,35)(H,32,36)(H,33,37);16-18,22-27,29-30,37-42H,4-15H2,1-3H3,(H,31,35)(H,32,36)(H,33,43)/t16-,17-,18-,23+,24+,25+,26+,27-,28-,29+,30+;16-,17-,18+,22+,23+,24+,25+,26-,27-,29+,30+/m00/s1. The lowest BCUT2D eigenvalue weighted by Crippen LogP contribution is -2.57. The van der Waals surface area contributed by atoms with Crippen molar-refractivity contribution in [2.45, 2.75) is 267 Å². The van der Waals surface area contributed by atoms with Gasteiger partial charge < -0.3 is 131 Å². The van der Waals surface area contributed by atoms with Crippen molar-refractivity contribution in [3.63, 3.8) is 0 Å². The lowest BCUT2D eigenvalue weighted by molar-refractivity contribution is -0.293. The first kappa shape index (κ1) is 83.6. The molecule has 544 valence electrons.